The zero-order chi connectivity index (χ0) is 13.2. The van der Waals surface area contributed by atoms with Gasteiger partial charge in [0.15, 0.2) is 5.82 Å². The number of hydrogen-bond donors (Lipinski definition) is 1. The number of halogens is 1. The van der Waals surface area contributed by atoms with Gasteiger partial charge in [0, 0.05) is 18.9 Å². The maximum atomic E-state index is 11.7. The molecule has 2 aromatic rings. The molecule has 1 saturated heterocycles. The van der Waals surface area contributed by atoms with Gasteiger partial charge in [-0.2, -0.15) is 0 Å². The molecule has 0 bridgehead atoms. The van der Waals surface area contributed by atoms with Crippen molar-refractivity contribution in [1.82, 2.24) is 15.0 Å². The first-order chi connectivity index (χ1) is 9.27. The highest BCUT2D eigenvalue weighted by Crippen LogP contribution is 2.36. The molecule has 1 fully saturated rings. The lowest BCUT2D eigenvalue weighted by Crippen LogP contribution is -2.26. The number of H-pyrrole nitrogens is 1. The van der Waals surface area contributed by atoms with E-state index < -0.39 is 0 Å². The summed E-state index contributed by atoms with van der Waals surface area (Å²) in [5.74, 6) is 0.711. The Morgan fingerprint density at radius 2 is 2.16 bits per heavy atom. The molecule has 1 N–H and O–H groups in total. The predicted molar refractivity (Wildman–Crippen MR) is 76.1 cm³/mol. The van der Waals surface area contributed by atoms with Crippen molar-refractivity contribution in [2.24, 2.45) is 0 Å². The van der Waals surface area contributed by atoms with E-state index in [1.54, 1.807) is 12.4 Å². The highest BCUT2D eigenvalue weighted by Gasteiger charge is 2.28. The van der Waals surface area contributed by atoms with Crippen LogP contribution in [0.1, 0.15) is 24.4 Å². The molecular weight excluding hydrogens is 308 g/mol. The quantitative estimate of drug-likeness (QED) is 0.922. The summed E-state index contributed by atoms with van der Waals surface area (Å²) in [7, 11) is 0. The van der Waals surface area contributed by atoms with Gasteiger partial charge in [0.1, 0.15) is 4.47 Å². The van der Waals surface area contributed by atoms with Gasteiger partial charge in [-0.25, -0.2) is 4.98 Å². The van der Waals surface area contributed by atoms with Crippen molar-refractivity contribution in [3.63, 3.8) is 0 Å². The molecule has 3 rings (SSSR count). The van der Waals surface area contributed by atoms with Gasteiger partial charge in [-0.15, -0.1) is 0 Å². The summed E-state index contributed by atoms with van der Waals surface area (Å²) < 4.78 is 0.496. The molecule has 1 aliphatic heterocycles. The number of nitrogens with zero attached hydrogens (tertiary/aromatic N) is 3. The van der Waals surface area contributed by atoms with Gasteiger partial charge >= 0.3 is 0 Å². The molecule has 0 spiro atoms. The first-order valence-electron chi connectivity index (χ1n) is 6.17. The number of hydrogen-bond acceptors (Lipinski definition) is 4. The number of aromatic nitrogens is 3. The number of rotatable bonds is 2. The van der Waals surface area contributed by atoms with E-state index in [9.17, 15) is 4.79 Å². The molecule has 5 nitrogen and oxygen atoms in total. The van der Waals surface area contributed by atoms with Crippen molar-refractivity contribution in [3.05, 3.63) is 51.2 Å². The minimum absolute atomic E-state index is 0.148. The van der Waals surface area contributed by atoms with Gasteiger partial charge in [-0.1, -0.05) is 0 Å². The number of pyridine rings is 1. The van der Waals surface area contributed by atoms with Gasteiger partial charge < -0.3 is 9.88 Å². The van der Waals surface area contributed by atoms with Crippen LogP contribution in [0.3, 0.4) is 0 Å². The highest BCUT2D eigenvalue weighted by atomic mass is 79.9. The van der Waals surface area contributed by atoms with E-state index in [-0.39, 0.29) is 11.6 Å². The Morgan fingerprint density at radius 1 is 1.37 bits per heavy atom. The summed E-state index contributed by atoms with van der Waals surface area (Å²) in [5, 5.41) is 0. The number of nitrogens with one attached hydrogen (secondary N) is 1. The van der Waals surface area contributed by atoms with Crippen LogP contribution in [0.2, 0.25) is 0 Å². The van der Waals surface area contributed by atoms with Gasteiger partial charge in [0.2, 0.25) is 0 Å². The first-order valence-corrected chi connectivity index (χ1v) is 6.96. The fourth-order valence-corrected chi connectivity index (χ4v) is 2.97. The molecular formula is C13H13BrN4O. The maximum absolute atomic E-state index is 11.7. The van der Waals surface area contributed by atoms with Gasteiger partial charge in [-0.05, 0) is 46.5 Å². The smallest absolute Gasteiger partial charge is 0.267 e. The monoisotopic (exact) mass is 320 g/mol. The summed E-state index contributed by atoms with van der Waals surface area (Å²) >= 11 is 3.33. The van der Waals surface area contributed by atoms with E-state index in [1.165, 1.54) is 11.9 Å². The Labute approximate surface area is 118 Å². The van der Waals surface area contributed by atoms with Gasteiger partial charge in [-0.3, -0.25) is 9.78 Å². The van der Waals surface area contributed by atoms with E-state index in [1.807, 2.05) is 12.1 Å². The molecule has 1 unspecified atom stereocenters. The third kappa shape index (κ3) is 2.28. The molecule has 1 atom stereocenters. The summed E-state index contributed by atoms with van der Waals surface area (Å²) in [6, 6.07) is 4.29. The lowest BCUT2D eigenvalue weighted by Gasteiger charge is -2.26. The minimum Gasteiger partial charge on any atom is -0.348 e. The first kappa shape index (κ1) is 12.3. The summed E-state index contributed by atoms with van der Waals surface area (Å²) in [4.78, 5) is 24.8. The van der Waals surface area contributed by atoms with Crippen LogP contribution >= 0.6 is 15.9 Å². The van der Waals surface area contributed by atoms with Crippen LogP contribution in [0, 0.1) is 0 Å². The Bertz CT molecular complexity index is 628. The Kier molecular flexibility index (Phi) is 3.33. The standard InChI is InChI=1S/C13H13BrN4O/c14-11-12(16-8-17-13(11)19)18-7-1-2-10(18)9-3-5-15-6-4-9/h3-6,8,10H,1-2,7H2,(H,16,17,19). The van der Waals surface area contributed by atoms with Crippen molar-refractivity contribution >= 4 is 21.7 Å². The molecule has 0 radical (unpaired) electrons. The van der Waals surface area contributed by atoms with Gasteiger partial charge in [0.05, 0.1) is 12.4 Å². The number of aromatic amines is 1. The maximum Gasteiger partial charge on any atom is 0.267 e. The van der Waals surface area contributed by atoms with Crippen LogP contribution in [0.25, 0.3) is 0 Å². The fraction of sp³-hybridized carbons (Fsp3) is 0.308. The van der Waals surface area contributed by atoms with E-state index in [4.69, 9.17) is 0 Å². The molecule has 0 saturated carbocycles. The summed E-state index contributed by atoms with van der Waals surface area (Å²) in [5.41, 5.74) is 1.06. The van der Waals surface area contributed by atoms with Crippen LogP contribution in [-0.2, 0) is 0 Å². The Balaban J connectivity index is 2.00. The second-order valence-electron chi connectivity index (χ2n) is 4.50. The van der Waals surface area contributed by atoms with Crippen molar-refractivity contribution in [3.8, 4) is 0 Å². The molecule has 3 heterocycles. The topological polar surface area (TPSA) is 61.9 Å². The van der Waals surface area contributed by atoms with Crippen molar-refractivity contribution < 1.29 is 0 Å². The van der Waals surface area contributed by atoms with Crippen molar-refractivity contribution in [1.29, 1.82) is 0 Å². The molecule has 98 valence electrons. The van der Waals surface area contributed by atoms with Crippen LogP contribution in [0.5, 0.6) is 0 Å². The third-order valence-electron chi connectivity index (χ3n) is 3.39. The Hall–Kier alpha value is -1.69. The fourth-order valence-electron chi connectivity index (χ4n) is 2.53. The van der Waals surface area contributed by atoms with Crippen molar-refractivity contribution in [2.45, 2.75) is 18.9 Å². The van der Waals surface area contributed by atoms with Crippen LogP contribution < -0.4 is 10.5 Å². The van der Waals surface area contributed by atoms with Crippen LogP contribution in [0.15, 0.2) is 40.1 Å². The average Bonchev–Trinajstić information content (AvgIpc) is 2.92. The van der Waals surface area contributed by atoms with Crippen molar-refractivity contribution in [2.75, 3.05) is 11.4 Å². The third-order valence-corrected chi connectivity index (χ3v) is 4.11. The molecule has 1 aliphatic rings. The molecule has 0 aliphatic carbocycles. The molecule has 19 heavy (non-hydrogen) atoms. The zero-order valence-corrected chi connectivity index (χ0v) is 11.8. The second kappa shape index (κ2) is 5.13. The van der Waals surface area contributed by atoms with Gasteiger partial charge in [0.25, 0.3) is 5.56 Å². The largest absolute Gasteiger partial charge is 0.348 e. The van der Waals surface area contributed by atoms with E-state index in [0.29, 0.717) is 10.3 Å². The van der Waals surface area contributed by atoms with E-state index in [0.717, 1.165) is 19.4 Å². The minimum atomic E-state index is -0.148. The molecule has 6 heteroatoms. The molecule has 0 aromatic carbocycles. The normalized spacial score (nSPS) is 18.8. The highest BCUT2D eigenvalue weighted by molar-refractivity contribution is 9.10. The predicted octanol–water partition coefficient (Wildman–Crippen LogP) is 2.27. The average molecular weight is 321 g/mol. The zero-order valence-electron chi connectivity index (χ0n) is 10.2. The lowest BCUT2D eigenvalue weighted by atomic mass is 10.1. The molecule has 2 aromatic heterocycles. The van der Waals surface area contributed by atoms with E-state index in [2.05, 4.69) is 35.8 Å². The van der Waals surface area contributed by atoms with Crippen LogP contribution in [0.4, 0.5) is 5.82 Å². The van der Waals surface area contributed by atoms with E-state index >= 15 is 0 Å². The Morgan fingerprint density at radius 3 is 2.95 bits per heavy atom. The van der Waals surface area contributed by atoms with Crippen LogP contribution in [-0.4, -0.2) is 21.5 Å². The molecule has 0 amide bonds. The SMILES string of the molecule is O=c1[nH]cnc(N2CCCC2c2ccncc2)c1Br. The number of anilines is 1. The summed E-state index contributed by atoms with van der Waals surface area (Å²) in [6.07, 6.45) is 7.20. The second-order valence-corrected chi connectivity index (χ2v) is 5.29. The lowest BCUT2D eigenvalue weighted by molar-refractivity contribution is 0.707. The summed E-state index contributed by atoms with van der Waals surface area (Å²) in [6.45, 7) is 0.905.